The molecular formula is C41H40F6N8O4S. The molecule has 316 valence electrons. The van der Waals surface area contributed by atoms with Gasteiger partial charge in [-0.2, -0.15) is 13.9 Å². The van der Waals surface area contributed by atoms with Crippen LogP contribution >= 0.6 is 0 Å². The highest BCUT2D eigenvalue weighted by atomic mass is 32.2. The minimum absolute atomic E-state index is 0.0339. The average molecular weight is 855 g/mol. The van der Waals surface area contributed by atoms with E-state index in [1.54, 1.807) is 30.3 Å². The molecule has 1 aliphatic heterocycles. The Morgan fingerprint density at radius 3 is 2.40 bits per heavy atom. The number of fused-ring (bicyclic) bond motifs is 4. The van der Waals surface area contributed by atoms with Crippen molar-refractivity contribution in [3.05, 3.63) is 105 Å². The highest BCUT2D eigenvalue weighted by Crippen LogP contribution is 2.66. The van der Waals surface area contributed by atoms with Crippen molar-refractivity contribution in [2.75, 3.05) is 24.6 Å². The maximum absolute atomic E-state index is 15.7. The summed E-state index contributed by atoms with van der Waals surface area (Å²) in [6.45, 7) is -0.830. The summed E-state index contributed by atoms with van der Waals surface area (Å²) in [7, 11) is -1.06. The molecule has 0 bridgehead atoms. The highest BCUT2D eigenvalue weighted by Gasteiger charge is 2.71. The van der Waals surface area contributed by atoms with Crippen molar-refractivity contribution in [1.29, 1.82) is 0 Å². The van der Waals surface area contributed by atoms with Crippen molar-refractivity contribution in [1.82, 2.24) is 34.7 Å². The summed E-state index contributed by atoms with van der Waals surface area (Å²) in [6, 6.07) is 9.72. The number of carbonyl (C=O) groups is 1. The van der Waals surface area contributed by atoms with Crippen molar-refractivity contribution in [2.24, 2.45) is 18.9 Å². The first kappa shape index (κ1) is 40.0. The van der Waals surface area contributed by atoms with Crippen molar-refractivity contribution in [3.8, 4) is 5.69 Å². The summed E-state index contributed by atoms with van der Waals surface area (Å²) in [6.07, 6.45) is 1.56. The number of hydrogen-bond donors (Lipinski definition) is 2. The fourth-order valence-corrected chi connectivity index (χ4v) is 10.2. The number of likely N-dealkylation sites (N-methyl/N-ethyl adjacent to an activating group) is 1. The van der Waals surface area contributed by atoms with E-state index in [1.807, 2.05) is 6.07 Å². The van der Waals surface area contributed by atoms with E-state index in [0.717, 1.165) is 59.7 Å². The molecule has 2 N–H and O–H groups in total. The van der Waals surface area contributed by atoms with Crippen molar-refractivity contribution in [2.45, 2.75) is 68.9 Å². The molecule has 60 heavy (non-hydrogen) atoms. The van der Waals surface area contributed by atoms with Crippen LogP contribution in [-0.2, 0) is 28.3 Å². The number of anilines is 1. The summed E-state index contributed by atoms with van der Waals surface area (Å²) < 4.78 is 119. The van der Waals surface area contributed by atoms with Gasteiger partial charge in [-0.25, -0.2) is 36.0 Å². The molecule has 2 aromatic heterocycles. The van der Waals surface area contributed by atoms with E-state index in [2.05, 4.69) is 15.1 Å². The molecule has 9 rings (SSSR count). The highest BCUT2D eigenvalue weighted by molar-refractivity contribution is 7.92. The molecule has 19 heteroatoms. The second-order valence-electron chi connectivity index (χ2n) is 16.3. The molecule has 1 unspecified atom stereocenters. The molecule has 3 aliphatic carbocycles. The van der Waals surface area contributed by atoms with Gasteiger partial charge < -0.3 is 5.32 Å². The summed E-state index contributed by atoms with van der Waals surface area (Å²) in [5.41, 5.74) is 0.353. The number of aromatic nitrogens is 4. The Kier molecular flexibility index (Phi) is 9.57. The van der Waals surface area contributed by atoms with Gasteiger partial charge in [-0.05, 0) is 84.2 Å². The first-order valence-corrected chi connectivity index (χ1v) is 21.5. The number of sulfonamides is 1. The van der Waals surface area contributed by atoms with Crippen LogP contribution in [0.5, 0.6) is 0 Å². The van der Waals surface area contributed by atoms with Gasteiger partial charge in [-0.3, -0.25) is 28.6 Å². The number of para-hydroxylation sites is 1. The number of aryl methyl sites for hydroxylation is 1. The summed E-state index contributed by atoms with van der Waals surface area (Å²) >= 11 is 0. The van der Waals surface area contributed by atoms with E-state index < -0.39 is 81.6 Å². The zero-order valence-corrected chi connectivity index (χ0v) is 33.4. The van der Waals surface area contributed by atoms with Gasteiger partial charge >= 0.3 is 0 Å². The summed E-state index contributed by atoms with van der Waals surface area (Å²) in [5.74, 6) is -8.04. The first-order chi connectivity index (χ1) is 28.4. The van der Waals surface area contributed by atoms with Gasteiger partial charge in [0.2, 0.25) is 15.9 Å². The smallest absolute Gasteiger partial charge is 0.292 e. The van der Waals surface area contributed by atoms with Crippen molar-refractivity contribution < 1.29 is 39.6 Å². The summed E-state index contributed by atoms with van der Waals surface area (Å²) in [4.78, 5) is 34.2. The molecule has 0 spiro atoms. The summed E-state index contributed by atoms with van der Waals surface area (Å²) in [5, 5.41) is 9.44. The first-order valence-electron chi connectivity index (χ1n) is 19.6. The van der Waals surface area contributed by atoms with Crippen LogP contribution in [0.3, 0.4) is 0 Å². The largest absolute Gasteiger partial charge is 0.344 e. The topological polar surface area (TPSA) is 134 Å². The minimum atomic E-state index is -3.81. The molecule has 0 saturated heterocycles. The lowest BCUT2D eigenvalue weighted by Crippen LogP contribution is -2.50. The zero-order valence-electron chi connectivity index (χ0n) is 32.6. The molecule has 2 saturated carbocycles. The number of carbonyl (C=O) groups excluding carboxylic acids is 1. The van der Waals surface area contributed by atoms with Gasteiger partial charge in [0.05, 0.1) is 34.4 Å². The zero-order chi connectivity index (χ0) is 42.6. The molecule has 12 nitrogen and oxygen atoms in total. The molecule has 2 fully saturated rings. The molecular weight excluding hydrogens is 815 g/mol. The lowest BCUT2D eigenvalue weighted by atomic mass is 9.96. The van der Waals surface area contributed by atoms with Crippen LogP contribution in [0.2, 0.25) is 0 Å². The SMILES string of the molecule is CN1C(C(F)F)C2=C(N1CC(=O)N[C@@H](Cc1cc(F)cc(F)c1)c1nc3cc(C4CCCC4)ccc3c(=O)n1-c1cccc3c(NS(C)(=O)=O)nn(C)c13)C(F)(F)[C@H]1C[C@@H]21. The Hall–Kier alpha value is -5.43. The molecule has 5 aromatic rings. The van der Waals surface area contributed by atoms with Gasteiger partial charge in [-0.15, -0.1) is 0 Å². The fourth-order valence-electron chi connectivity index (χ4n) is 9.66. The third-order valence-corrected chi connectivity index (χ3v) is 12.8. The van der Waals surface area contributed by atoms with E-state index in [-0.39, 0.29) is 63.6 Å². The van der Waals surface area contributed by atoms with Crippen molar-refractivity contribution >= 4 is 43.6 Å². The van der Waals surface area contributed by atoms with Crippen molar-refractivity contribution in [3.63, 3.8) is 0 Å². The predicted octanol–water partition coefficient (Wildman–Crippen LogP) is 6.31. The number of alkyl halides is 4. The van der Waals surface area contributed by atoms with E-state index in [9.17, 15) is 35.6 Å². The van der Waals surface area contributed by atoms with Gasteiger partial charge in [0.25, 0.3) is 17.9 Å². The number of benzene rings is 3. The Bertz CT molecular complexity index is 2780. The standard InChI is InChI=1S/C41H40F6N8O4S/c1-52-34-26(38(50-52)51-60(3,58)59)9-6-10-31(34)55-39(49-29-16-22(21-7-4-5-8-21)11-12-25(29)40(55)57)30(15-20-13-23(42)17-24(43)14-20)48-32(56)19-54-36-33(35(37(44)45)53(54)2)27-18-28(27)41(36,46)47/h6,9-14,16-17,21,27-28,30,35,37H,4-5,7-8,15,18-19H2,1-3H3,(H,48,56)(H,50,51)/t27-,28+,30+,35?/m1/s1. The maximum atomic E-state index is 15.7. The monoisotopic (exact) mass is 854 g/mol. The third-order valence-electron chi connectivity index (χ3n) is 12.3. The number of allylic oxidation sites excluding steroid dienone is 1. The predicted molar refractivity (Wildman–Crippen MR) is 210 cm³/mol. The maximum Gasteiger partial charge on any atom is 0.292 e. The lowest BCUT2D eigenvalue weighted by molar-refractivity contribution is -0.130. The lowest BCUT2D eigenvalue weighted by Gasteiger charge is -2.35. The number of rotatable bonds is 11. The molecule has 3 heterocycles. The number of amides is 1. The number of hydrogen-bond acceptors (Lipinski definition) is 8. The van der Waals surface area contributed by atoms with Crippen LogP contribution in [0, 0.1) is 23.5 Å². The van der Waals surface area contributed by atoms with E-state index in [1.165, 1.54) is 23.3 Å². The van der Waals surface area contributed by atoms with Crippen LogP contribution in [0.25, 0.3) is 27.5 Å². The second kappa shape index (κ2) is 14.4. The minimum Gasteiger partial charge on any atom is -0.344 e. The quantitative estimate of drug-likeness (QED) is 0.148. The van der Waals surface area contributed by atoms with Crippen LogP contribution in [-0.4, -0.2) is 81.9 Å². The average Bonchev–Trinajstić information content (AvgIpc) is 3.38. The number of nitrogens with zero attached hydrogens (tertiary/aromatic N) is 6. The number of nitrogens with one attached hydrogen (secondary N) is 2. The van der Waals surface area contributed by atoms with Gasteiger partial charge in [0, 0.05) is 37.9 Å². The fraction of sp³-hybridized carbons (Fsp3) is 0.415. The van der Waals surface area contributed by atoms with Crippen LogP contribution in [0.15, 0.2) is 70.7 Å². The molecule has 0 radical (unpaired) electrons. The number of hydrazine groups is 1. The van der Waals surface area contributed by atoms with Gasteiger partial charge in [0.1, 0.15) is 35.7 Å². The third kappa shape index (κ3) is 6.78. The second-order valence-corrected chi connectivity index (χ2v) is 18.0. The Morgan fingerprint density at radius 2 is 1.72 bits per heavy atom. The van der Waals surface area contributed by atoms with Gasteiger partial charge in [-0.1, -0.05) is 25.0 Å². The van der Waals surface area contributed by atoms with Crippen LogP contribution in [0.4, 0.5) is 32.2 Å². The molecule has 1 amide bonds. The van der Waals surface area contributed by atoms with Crippen LogP contribution < -0.4 is 15.6 Å². The Labute approximate surface area is 339 Å². The van der Waals surface area contributed by atoms with Crippen LogP contribution in [0.1, 0.15) is 61.0 Å². The normalized spacial score (nSPS) is 22.0. The Balaban J connectivity index is 1.21. The number of halogens is 6. The van der Waals surface area contributed by atoms with E-state index >= 15 is 8.78 Å². The van der Waals surface area contributed by atoms with Gasteiger partial charge in [0.15, 0.2) is 5.82 Å². The molecule has 4 aliphatic rings. The Morgan fingerprint density at radius 1 is 1.00 bits per heavy atom. The molecule has 4 atom stereocenters. The van der Waals surface area contributed by atoms with E-state index in [0.29, 0.717) is 11.5 Å². The van der Waals surface area contributed by atoms with E-state index in [4.69, 9.17) is 4.98 Å². The molecule has 3 aromatic carbocycles.